The molecule has 0 aliphatic rings. The summed E-state index contributed by atoms with van der Waals surface area (Å²) in [4.78, 5) is 28.6. The average Bonchev–Trinajstić information content (AvgIpc) is 3.10. The van der Waals surface area contributed by atoms with Crippen LogP contribution in [0, 0.1) is 5.82 Å². The SMILES string of the molecule is O=C(Nc1nc(-c2ccc(F)cc2)ns1)c1cc2ccccc2oc1=O. The smallest absolute Gasteiger partial charge is 0.349 e. The lowest BCUT2D eigenvalue weighted by molar-refractivity contribution is 0.102. The van der Waals surface area contributed by atoms with Gasteiger partial charge in [0.05, 0.1) is 0 Å². The molecule has 0 unspecified atom stereocenters. The number of para-hydroxylation sites is 1. The Labute approximate surface area is 150 Å². The van der Waals surface area contributed by atoms with Crippen LogP contribution in [0.1, 0.15) is 10.4 Å². The normalized spacial score (nSPS) is 10.8. The molecule has 0 atom stereocenters. The molecule has 0 saturated carbocycles. The number of nitrogens with zero attached hydrogens (tertiary/aromatic N) is 2. The number of hydrogen-bond acceptors (Lipinski definition) is 6. The number of carbonyl (C=O) groups is 1. The number of amides is 1. The molecule has 6 nitrogen and oxygen atoms in total. The van der Waals surface area contributed by atoms with Gasteiger partial charge in [-0.2, -0.15) is 9.36 Å². The Kier molecular flexibility index (Phi) is 4.02. The summed E-state index contributed by atoms with van der Waals surface area (Å²) in [6.07, 6.45) is 0. The van der Waals surface area contributed by atoms with Crippen LogP contribution in [0.15, 0.2) is 63.8 Å². The third-order valence-corrected chi connectivity index (χ3v) is 4.27. The largest absolute Gasteiger partial charge is 0.422 e. The minimum absolute atomic E-state index is 0.123. The average molecular weight is 367 g/mol. The number of aromatic nitrogens is 2. The van der Waals surface area contributed by atoms with E-state index >= 15 is 0 Å². The van der Waals surface area contributed by atoms with Gasteiger partial charge in [-0.15, -0.1) is 0 Å². The van der Waals surface area contributed by atoms with Crippen LogP contribution >= 0.6 is 11.5 Å². The van der Waals surface area contributed by atoms with Gasteiger partial charge in [0, 0.05) is 22.5 Å². The van der Waals surface area contributed by atoms with Crippen LogP contribution in [0.3, 0.4) is 0 Å². The summed E-state index contributed by atoms with van der Waals surface area (Å²) < 4.78 is 22.3. The van der Waals surface area contributed by atoms with Crippen molar-refractivity contribution in [3.05, 3.63) is 76.4 Å². The highest BCUT2D eigenvalue weighted by molar-refractivity contribution is 7.10. The van der Waals surface area contributed by atoms with Gasteiger partial charge in [-0.05, 0) is 36.4 Å². The molecule has 0 spiro atoms. The van der Waals surface area contributed by atoms with Gasteiger partial charge >= 0.3 is 5.63 Å². The predicted octanol–water partition coefficient (Wildman–Crippen LogP) is 3.70. The molecule has 2 aromatic heterocycles. The summed E-state index contributed by atoms with van der Waals surface area (Å²) in [6.45, 7) is 0. The lowest BCUT2D eigenvalue weighted by Crippen LogP contribution is -2.20. The predicted molar refractivity (Wildman–Crippen MR) is 95.7 cm³/mol. The number of fused-ring (bicyclic) bond motifs is 1. The zero-order chi connectivity index (χ0) is 18.1. The second-order valence-corrected chi connectivity index (χ2v) is 6.12. The first-order valence-electron chi connectivity index (χ1n) is 7.54. The molecule has 4 rings (SSSR count). The van der Waals surface area contributed by atoms with Gasteiger partial charge in [-0.3, -0.25) is 10.1 Å². The second kappa shape index (κ2) is 6.49. The van der Waals surface area contributed by atoms with Gasteiger partial charge < -0.3 is 4.42 Å². The van der Waals surface area contributed by atoms with Crippen molar-refractivity contribution in [1.29, 1.82) is 0 Å². The van der Waals surface area contributed by atoms with Gasteiger partial charge in [0.1, 0.15) is 17.0 Å². The molecule has 4 aromatic rings. The van der Waals surface area contributed by atoms with E-state index in [4.69, 9.17) is 4.42 Å². The third-order valence-electron chi connectivity index (χ3n) is 3.63. The van der Waals surface area contributed by atoms with Crippen molar-refractivity contribution in [2.75, 3.05) is 5.32 Å². The summed E-state index contributed by atoms with van der Waals surface area (Å²) in [6, 6.07) is 14.1. The standard InChI is InChI=1S/C18H10FN3O3S/c19-12-7-5-10(6-8-12)15-20-18(26-22-15)21-16(23)13-9-11-3-1-2-4-14(11)25-17(13)24/h1-9H,(H,20,21,22,23). The Balaban J connectivity index is 1.60. The Bertz CT molecular complexity index is 1170. The number of nitrogens with one attached hydrogen (secondary N) is 1. The maximum atomic E-state index is 13.0. The van der Waals surface area contributed by atoms with Crippen molar-refractivity contribution in [3.8, 4) is 11.4 Å². The first-order valence-corrected chi connectivity index (χ1v) is 8.31. The minimum atomic E-state index is -0.732. The molecular weight excluding hydrogens is 357 g/mol. The molecule has 0 saturated heterocycles. The Morgan fingerprint density at radius 3 is 2.69 bits per heavy atom. The number of anilines is 1. The van der Waals surface area contributed by atoms with Crippen LogP contribution in [0.5, 0.6) is 0 Å². The van der Waals surface area contributed by atoms with Gasteiger partial charge in [0.2, 0.25) is 5.13 Å². The number of halogens is 1. The molecule has 0 bridgehead atoms. The number of rotatable bonds is 3. The summed E-state index contributed by atoms with van der Waals surface area (Å²) in [7, 11) is 0. The van der Waals surface area contributed by atoms with Crippen molar-refractivity contribution in [2.45, 2.75) is 0 Å². The van der Waals surface area contributed by atoms with Crippen molar-refractivity contribution in [1.82, 2.24) is 9.36 Å². The number of hydrogen-bond donors (Lipinski definition) is 1. The summed E-state index contributed by atoms with van der Waals surface area (Å²) >= 11 is 0.962. The molecule has 128 valence electrons. The van der Waals surface area contributed by atoms with E-state index in [-0.39, 0.29) is 16.5 Å². The number of carbonyl (C=O) groups excluding carboxylic acids is 1. The lowest BCUT2D eigenvalue weighted by Gasteiger charge is -2.02. The second-order valence-electron chi connectivity index (χ2n) is 5.37. The van der Waals surface area contributed by atoms with E-state index < -0.39 is 11.5 Å². The van der Waals surface area contributed by atoms with E-state index in [1.54, 1.807) is 36.4 Å². The van der Waals surface area contributed by atoms with E-state index in [1.165, 1.54) is 18.2 Å². The van der Waals surface area contributed by atoms with Crippen molar-refractivity contribution >= 4 is 33.5 Å². The molecule has 26 heavy (non-hydrogen) atoms. The summed E-state index contributed by atoms with van der Waals surface area (Å²) in [5, 5.41) is 3.40. The van der Waals surface area contributed by atoms with Gasteiger partial charge in [-0.1, -0.05) is 18.2 Å². The summed E-state index contributed by atoms with van der Waals surface area (Å²) in [5.41, 5.74) is 0.170. The molecule has 1 N–H and O–H groups in total. The minimum Gasteiger partial charge on any atom is -0.422 e. The fourth-order valence-corrected chi connectivity index (χ4v) is 2.96. The fraction of sp³-hybridized carbons (Fsp3) is 0. The molecule has 0 fully saturated rings. The molecule has 0 aliphatic heterocycles. The Morgan fingerprint density at radius 2 is 1.88 bits per heavy atom. The molecule has 0 radical (unpaired) electrons. The monoisotopic (exact) mass is 367 g/mol. The van der Waals surface area contributed by atoms with Crippen LogP contribution in [-0.4, -0.2) is 15.3 Å². The molecule has 2 heterocycles. The molecule has 0 aliphatic carbocycles. The molecule has 8 heteroatoms. The van der Waals surface area contributed by atoms with E-state index in [2.05, 4.69) is 14.7 Å². The lowest BCUT2D eigenvalue weighted by atomic mass is 10.2. The molecular formula is C18H10FN3O3S. The van der Waals surface area contributed by atoms with Crippen LogP contribution in [0.2, 0.25) is 0 Å². The van der Waals surface area contributed by atoms with Gasteiger partial charge in [-0.25, -0.2) is 9.18 Å². The zero-order valence-corrected chi connectivity index (χ0v) is 13.9. The van der Waals surface area contributed by atoms with Crippen molar-refractivity contribution < 1.29 is 13.6 Å². The Morgan fingerprint density at radius 1 is 1.12 bits per heavy atom. The topological polar surface area (TPSA) is 85.1 Å². The van der Waals surface area contributed by atoms with Crippen LogP contribution in [0.4, 0.5) is 9.52 Å². The fourth-order valence-electron chi connectivity index (χ4n) is 2.38. The molecule has 1 amide bonds. The number of benzene rings is 2. The zero-order valence-electron chi connectivity index (χ0n) is 13.1. The first kappa shape index (κ1) is 16.1. The van der Waals surface area contributed by atoms with Crippen molar-refractivity contribution in [3.63, 3.8) is 0 Å². The van der Waals surface area contributed by atoms with E-state index in [0.29, 0.717) is 22.4 Å². The maximum Gasteiger partial charge on any atom is 0.349 e. The van der Waals surface area contributed by atoms with E-state index in [9.17, 15) is 14.0 Å². The highest BCUT2D eigenvalue weighted by atomic mass is 32.1. The maximum absolute atomic E-state index is 13.0. The van der Waals surface area contributed by atoms with Crippen molar-refractivity contribution in [2.24, 2.45) is 0 Å². The van der Waals surface area contributed by atoms with Crippen LogP contribution in [0.25, 0.3) is 22.4 Å². The third kappa shape index (κ3) is 3.09. The van der Waals surface area contributed by atoms with Gasteiger partial charge in [0.25, 0.3) is 5.91 Å². The van der Waals surface area contributed by atoms with Crippen LogP contribution in [-0.2, 0) is 0 Å². The van der Waals surface area contributed by atoms with Gasteiger partial charge in [0.15, 0.2) is 5.82 Å². The van der Waals surface area contributed by atoms with E-state index in [1.807, 2.05) is 0 Å². The molecule has 2 aromatic carbocycles. The highest BCUT2D eigenvalue weighted by Gasteiger charge is 2.16. The Hall–Kier alpha value is -3.39. The quantitative estimate of drug-likeness (QED) is 0.558. The highest BCUT2D eigenvalue weighted by Crippen LogP contribution is 2.22. The van der Waals surface area contributed by atoms with E-state index in [0.717, 1.165) is 11.5 Å². The first-order chi connectivity index (χ1) is 12.6. The van der Waals surface area contributed by atoms with Crippen LogP contribution < -0.4 is 10.9 Å². The summed E-state index contributed by atoms with van der Waals surface area (Å²) in [5.74, 6) is -0.636.